The molecular weight excluding hydrogens is 411 g/mol. The summed E-state index contributed by atoms with van der Waals surface area (Å²) >= 11 is 6.77. The second-order valence-corrected chi connectivity index (χ2v) is 8.59. The van der Waals surface area contributed by atoms with Crippen LogP contribution < -0.4 is 11.1 Å². The number of aromatic nitrogens is 1. The van der Waals surface area contributed by atoms with Crippen molar-refractivity contribution < 1.29 is 19.1 Å². The number of nitrogens with two attached hydrogens (primary N) is 1. The van der Waals surface area contributed by atoms with Crippen LogP contribution in [0.15, 0.2) is 18.3 Å². The molecule has 1 spiro atoms. The number of carbonyl (C=O) groups excluding carboxylic acids is 1. The Morgan fingerprint density at radius 3 is 2.73 bits per heavy atom. The number of fused-ring (bicyclic) bond motifs is 2. The number of hydrogen-bond donors (Lipinski definition) is 3. The Morgan fingerprint density at radius 1 is 1.37 bits per heavy atom. The summed E-state index contributed by atoms with van der Waals surface area (Å²) in [5.74, 6) is -1.98. The summed E-state index contributed by atoms with van der Waals surface area (Å²) in [6.45, 7) is 0.539. The number of nitrogens with one attached hydrogen (secondary N) is 1. The SMILES string of the molecule is CN(C)C(=O)c1c(N)ccc(-c2cnc3c(c2Cl)[C@]2(CC[C@H](C(=O)O)C2)CN3)c1F. The first-order valence-corrected chi connectivity index (χ1v) is 10.00. The smallest absolute Gasteiger partial charge is 0.306 e. The van der Waals surface area contributed by atoms with Crippen molar-refractivity contribution in [2.45, 2.75) is 24.7 Å². The molecule has 30 heavy (non-hydrogen) atoms. The van der Waals surface area contributed by atoms with Crippen molar-refractivity contribution in [3.05, 3.63) is 40.3 Å². The molecule has 0 saturated heterocycles. The summed E-state index contributed by atoms with van der Waals surface area (Å²) in [6.07, 6.45) is 3.12. The van der Waals surface area contributed by atoms with E-state index >= 15 is 4.39 Å². The lowest BCUT2D eigenvalue weighted by Gasteiger charge is -2.25. The van der Waals surface area contributed by atoms with Crippen molar-refractivity contribution in [1.82, 2.24) is 9.88 Å². The van der Waals surface area contributed by atoms with Crippen molar-refractivity contribution in [3.8, 4) is 11.1 Å². The van der Waals surface area contributed by atoms with Gasteiger partial charge in [0.05, 0.1) is 16.5 Å². The third-order valence-corrected chi connectivity index (χ3v) is 6.57. The summed E-state index contributed by atoms with van der Waals surface area (Å²) < 4.78 is 15.4. The largest absolute Gasteiger partial charge is 0.481 e. The molecule has 7 nitrogen and oxygen atoms in total. The van der Waals surface area contributed by atoms with Gasteiger partial charge in [-0.15, -0.1) is 0 Å². The third kappa shape index (κ3) is 2.98. The standard InChI is InChI=1S/C21H22ClFN4O3/c1-27(2)19(28)14-13(24)4-3-11(17(14)23)12-8-25-18-15(16(12)22)21(9-26-18)6-5-10(7-21)20(29)30/h3-4,8,10H,5-7,9,24H2,1-2H3,(H,25,26)(H,29,30)/t10-,21-/m0/s1. The lowest BCUT2D eigenvalue weighted by molar-refractivity contribution is -0.141. The highest BCUT2D eigenvalue weighted by molar-refractivity contribution is 6.34. The van der Waals surface area contributed by atoms with Gasteiger partial charge in [0.25, 0.3) is 5.91 Å². The Balaban J connectivity index is 1.85. The number of anilines is 2. The Hall–Kier alpha value is -2.87. The van der Waals surface area contributed by atoms with E-state index in [2.05, 4.69) is 10.3 Å². The van der Waals surface area contributed by atoms with E-state index in [1.165, 1.54) is 37.3 Å². The van der Waals surface area contributed by atoms with Gasteiger partial charge in [0, 0.05) is 54.6 Å². The first-order valence-electron chi connectivity index (χ1n) is 9.62. The molecule has 0 unspecified atom stereocenters. The lowest BCUT2D eigenvalue weighted by atomic mass is 9.79. The second kappa shape index (κ2) is 7.12. The quantitative estimate of drug-likeness (QED) is 0.641. The van der Waals surface area contributed by atoms with E-state index < -0.39 is 29.0 Å². The predicted molar refractivity (Wildman–Crippen MR) is 112 cm³/mol. The molecule has 4 N–H and O–H groups in total. The monoisotopic (exact) mass is 432 g/mol. The van der Waals surface area contributed by atoms with Gasteiger partial charge in [0.15, 0.2) is 0 Å². The molecule has 1 fully saturated rings. The van der Waals surface area contributed by atoms with Crippen molar-refractivity contribution in [2.24, 2.45) is 5.92 Å². The summed E-state index contributed by atoms with van der Waals surface area (Å²) in [7, 11) is 3.04. The maximum Gasteiger partial charge on any atom is 0.306 e. The minimum atomic E-state index is -0.822. The Labute approximate surface area is 178 Å². The third-order valence-electron chi connectivity index (χ3n) is 6.18. The average Bonchev–Trinajstić information content (AvgIpc) is 3.28. The van der Waals surface area contributed by atoms with Gasteiger partial charge in [0.1, 0.15) is 11.6 Å². The molecule has 2 heterocycles. The van der Waals surface area contributed by atoms with Crippen molar-refractivity contribution in [2.75, 3.05) is 31.7 Å². The summed E-state index contributed by atoms with van der Waals surface area (Å²) in [4.78, 5) is 29.6. The van der Waals surface area contributed by atoms with E-state index in [9.17, 15) is 14.7 Å². The van der Waals surface area contributed by atoms with Crippen LogP contribution in [0.2, 0.25) is 5.02 Å². The first-order chi connectivity index (χ1) is 14.2. The number of amides is 1. The molecule has 1 aromatic carbocycles. The number of nitrogen functional groups attached to an aromatic ring is 1. The molecule has 2 aromatic rings. The number of carboxylic acid groups (broad SMARTS) is 1. The van der Waals surface area contributed by atoms with Crippen LogP contribution in [-0.2, 0) is 10.2 Å². The minimum absolute atomic E-state index is 0.0402. The highest BCUT2D eigenvalue weighted by Crippen LogP contribution is 2.53. The zero-order chi connectivity index (χ0) is 21.8. The molecule has 1 aromatic heterocycles. The van der Waals surface area contributed by atoms with Gasteiger partial charge in [-0.25, -0.2) is 9.37 Å². The lowest BCUT2D eigenvalue weighted by Crippen LogP contribution is -2.26. The minimum Gasteiger partial charge on any atom is -0.481 e. The molecule has 4 rings (SSSR count). The average molecular weight is 433 g/mol. The number of hydrogen-bond acceptors (Lipinski definition) is 5. The molecular formula is C21H22ClFN4O3. The number of halogens is 2. The molecule has 1 saturated carbocycles. The Bertz CT molecular complexity index is 1070. The van der Waals surface area contributed by atoms with Crippen LogP contribution in [0.5, 0.6) is 0 Å². The second-order valence-electron chi connectivity index (χ2n) is 8.21. The van der Waals surface area contributed by atoms with Crippen LogP contribution in [0.4, 0.5) is 15.9 Å². The summed E-state index contributed by atoms with van der Waals surface area (Å²) in [5, 5.41) is 13.0. The van der Waals surface area contributed by atoms with Crippen LogP contribution in [-0.4, -0.2) is 47.5 Å². The zero-order valence-corrected chi connectivity index (χ0v) is 17.4. The molecule has 2 aliphatic rings. The highest BCUT2D eigenvalue weighted by Gasteiger charge is 2.49. The highest BCUT2D eigenvalue weighted by atomic mass is 35.5. The maximum absolute atomic E-state index is 15.4. The Morgan fingerprint density at radius 2 is 2.10 bits per heavy atom. The fourth-order valence-corrected chi connectivity index (χ4v) is 5.04. The number of nitrogens with zero attached hydrogens (tertiary/aromatic N) is 2. The number of rotatable bonds is 3. The van der Waals surface area contributed by atoms with Gasteiger partial charge in [-0.05, 0) is 31.4 Å². The Kier molecular flexibility index (Phi) is 4.85. The van der Waals surface area contributed by atoms with E-state index in [-0.39, 0.29) is 16.8 Å². The van der Waals surface area contributed by atoms with Gasteiger partial charge in [-0.2, -0.15) is 0 Å². The van der Waals surface area contributed by atoms with Crippen LogP contribution in [0, 0.1) is 11.7 Å². The molecule has 2 atom stereocenters. The van der Waals surface area contributed by atoms with E-state index in [0.717, 1.165) is 5.56 Å². The fourth-order valence-electron chi connectivity index (χ4n) is 4.60. The van der Waals surface area contributed by atoms with Crippen LogP contribution in [0.1, 0.15) is 35.2 Å². The summed E-state index contributed by atoms with van der Waals surface area (Å²) in [5.41, 5.74) is 6.45. The molecule has 1 aliphatic heterocycles. The normalized spacial score (nSPS) is 22.1. The molecule has 1 amide bonds. The predicted octanol–water partition coefficient (Wildman–Crippen LogP) is 3.37. The molecule has 0 radical (unpaired) electrons. The van der Waals surface area contributed by atoms with Gasteiger partial charge in [-0.3, -0.25) is 9.59 Å². The van der Waals surface area contributed by atoms with Crippen molar-refractivity contribution in [3.63, 3.8) is 0 Å². The number of carbonyl (C=O) groups is 2. The molecule has 9 heteroatoms. The van der Waals surface area contributed by atoms with E-state index in [1.807, 2.05) is 0 Å². The fraction of sp³-hybridized carbons (Fsp3) is 0.381. The van der Waals surface area contributed by atoms with Gasteiger partial charge in [0.2, 0.25) is 0 Å². The zero-order valence-electron chi connectivity index (χ0n) is 16.6. The molecule has 0 bridgehead atoms. The van der Waals surface area contributed by atoms with Crippen LogP contribution in [0.25, 0.3) is 11.1 Å². The van der Waals surface area contributed by atoms with E-state index in [4.69, 9.17) is 17.3 Å². The first kappa shape index (κ1) is 20.4. The van der Waals surface area contributed by atoms with Gasteiger partial charge >= 0.3 is 5.97 Å². The summed E-state index contributed by atoms with van der Waals surface area (Å²) in [6, 6.07) is 2.96. The van der Waals surface area contributed by atoms with Gasteiger partial charge < -0.3 is 21.1 Å². The van der Waals surface area contributed by atoms with Gasteiger partial charge in [-0.1, -0.05) is 11.6 Å². The topological polar surface area (TPSA) is 109 Å². The van der Waals surface area contributed by atoms with E-state index in [0.29, 0.717) is 42.2 Å². The number of aliphatic carboxylic acids is 1. The number of carboxylic acids is 1. The van der Waals surface area contributed by atoms with Crippen LogP contribution >= 0.6 is 11.6 Å². The van der Waals surface area contributed by atoms with Crippen LogP contribution in [0.3, 0.4) is 0 Å². The van der Waals surface area contributed by atoms with Crippen molar-refractivity contribution in [1.29, 1.82) is 0 Å². The maximum atomic E-state index is 15.4. The van der Waals surface area contributed by atoms with E-state index in [1.54, 1.807) is 0 Å². The van der Waals surface area contributed by atoms with Crippen molar-refractivity contribution >= 4 is 35.0 Å². The number of pyridine rings is 1. The molecule has 1 aliphatic carbocycles. The molecule has 158 valence electrons. The number of benzene rings is 1.